The SMILES string of the molecule is COc1c[c]ccc1CCCCOc1cccc(Cn2ccnc2)c1. The van der Waals surface area contributed by atoms with Gasteiger partial charge in [-0.3, -0.25) is 0 Å². The van der Waals surface area contributed by atoms with Gasteiger partial charge in [0.2, 0.25) is 0 Å². The summed E-state index contributed by atoms with van der Waals surface area (Å²) in [7, 11) is 1.70. The highest BCUT2D eigenvalue weighted by molar-refractivity contribution is 5.32. The molecule has 129 valence electrons. The summed E-state index contributed by atoms with van der Waals surface area (Å²) in [6.07, 6.45) is 8.64. The lowest BCUT2D eigenvalue weighted by molar-refractivity contribution is 0.306. The Morgan fingerprint density at radius 1 is 1.20 bits per heavy atom. The fraction of sp³-hybridized carbons (Fsp3) is 0.286. The van der Waals surface area contributed by atoms with Gasteiger partial charge < -0.3 is 14.0 Å². The Balaban J connectivity index is 1.43. The van der Waals surface area contributed by atoms with Crippen LogP contribution in [0.15, 0.2) is 61.2 Å². The van der Waals surface area contributed by atoms with Crippen LogP contribution in [0.2, 0.25) is 0 Å². The third-order valence-electron chi connectivity index (χ3n) is 4.06. The monoisotopic (exact) mass is 335 g/mol. The van der Waals surface area contributed by atoms with Crippen LogP contribution in [-0.4, -0.2) is 23.3 Å². The van der Waals surface area contributed by atoms with E-state index in [1.165, 1.54) is 11.1 Å². The summed E-state index contributed by atoms with van der Waals surface area (Å²) in [5, 5.41) is 0. The summed E-state index contributed by atoms with van der Waals surface area (Å²) < 4.78 is 13.3. The fourth-order valence-corrected chi connectivity index (χ4v) is 2.78. The van der Waals surface area contributed by atoms with Crippen LogP contribution in [0.4, 0.5) is 0 Å². The van der Waals surface area contributed by atoms with Crippen LogP contribution in [0.1, 0.15) is 24.0 Å². The second-order valence-corrected chi connectivity index (χ2v) is 5.93. The molecule has 1 radical (unpaired) electrons. The molecular weight excluding hydrogens is 312 g/mol. The first kappa shape index (κ1) is 17.1. The van der Waals surface area contributed by atoms with Crippen LogP contribution in [0.3, 0.4) is 0 Å². The number of methoxy groups -OCH3 is 1. The summed E-state index contributed by atoms with van der Waals surface area (Å²) in [5.74, 6) is 1.83. The van der Waals surface area contributed by atoms with E-state index >= 15 is 0 Å². The predicted molar refractivity (Wildman–Crippen MR) is 98.0 cm³/mol. The Labute approximate surface area is 149 Å². The molecule has 3 aromatic rings. The van der Waals surface area contributed by atoms with E-state index in [1.54, 1.807) is 13.3 Å². The van der Waals surface area contributed by atoms with E-state index < -0.39 is 0 Å². The minimum absolute atomic E-state index is 0.718. The van der Waals surface area contributed by atoms with Gasteiger partial charge in [0.15, 0.2) is 0 Å². The van der Waals surface area contributed by atoms with Crippen molar-refractivity contribution in [3.63, 3.8) is 0 Å². The van der Waals surface area contributed by atoms with E-state index in [0.29, 0.717) is 0 Å². The van der Waals surface area contributed by atoms with Crippen molar-refractivity contribution in [3.05, 3.63) is 78.4 Å². The van der Waals surface area contributed by atoms with Crippen molar-refractivity contribution in [2.24, 2.45) is 0 Å². The van der Waals surface area contributed by atoms with E-state index in [4.69, 9.17) is 9.47 Å². The molecule has 0 unspecified atom stereocenters. The van der Waals surface area contributed by atoms with Crippen LogP contribution in [-0.2, 0) is 13.0 Å². The van der Waals surface area contributed by atoms with Crippen molar-refractivity contribution in [2.75, 3.05) is 13.7 Å². The van der Waals surface area contributed by atoms with Crippen LogP contribution in [0.25, 0.3) is 0 Å². The maximum Gasteiger partial charge on any atom is 0.122 e. The van der Waals surface area contributed by atoms with Crippen molar-refractivity contribution >= 4 is 0 Å². The minimum atomic E-state index is 0.718. The van der Waals surface area contributed by atoms with E-state index in [0.717, 1.165) is 43.9 Å². The average molecular weight is 335 g/mol. The molecule has 0 atom stereocenters. The number of aryl methyl sites for hydroxylation is 1. The molecule has 0 aliphatic heterocycles. The van der Waals surface area contributed by atoms with Crippen molar-refractivity contribution in [1.29, 1.82) is 0 Å². The Morgan fingerprint density at radius 3 is 3.00 bits per heavy atom. The van der Waals surface area contributed by atoms with E-state index in [9.17, 15) is 0 Å². The van der Waals surface area contributed by atoms with Crippen molar-refractivity contribution in [1.82, 2.24) is 9.55 Å². The molecule has 4 heteroatoms. The van der Waals surface area contributed by atoms with Crippen LogP contribution < -0.4 is 9.47 Å². The molecule has 0 saturated carbocycles. The summed E-state index contributed by atoms with van der Waals surface area (Å²) in [4.78, 5) is 4.07. The van der Waals surface area contributed by atoms with Gasteiger partial charge in [-0.25, -0.2) is 4.98 Å². The molecule has 1 heterocycles. The maximum absolute atomic E-state index is 5.90. The molecule has 0 bridgehead atoms. The van der Waals surface area contributed by atoms with Gasteiger partial charge in [0, 0.05) is 18.9 Å². The summed E-state index contributed by atoms with van der Waals surface area (Å²) in [5.41, 5.74) is 2.43. The van der Waals surface area contributed by atoms with Crippen molar-refractivity contribution < 1.29 is 9.47 Å². The van der Waals surface area contributed by atoms with E-state index in [1.807, 2.05) is 41.4 Å². The molecule has 2 aromatic carbocycles. The van der Waals surface area contributed by atoms with Gasteiger partial charge in [0.1, 0.15) is 11.5 Å². The highest BCUT2D eigenvalue weighted by atomic mass is 16.5. The molecule has 0 spiro atoms. The first-order valence-electron chi connectivity index (χ1n) is 8.55. The van der Waals surface area contributed by atoms with E-state index in [-0.39, 0.29) is 0 Å². The number of benzene rings is 2. The number of rotatable bonds is 9. The third kappa shape index (κ3) is 5.11. The second kappa shape index (κ2) is 8.92. The number of ether oxygens (including phenoxy) is 2. The zero-order valence-corrected chi connectivity index (χ0v) is 14.5. The topological polar surface area (TPSA) is 36.3 Å². The fourth-order valence-electron chi connectivity index (χ4n) is 2.78. The van der Waals surface area contributed by atoms with Crippen molar-refractivity contribution in [2.45, 2.75) is 25.8 Å². The zero-order valence-electron chi connectivity index (χ0n) is 14.5. The lowest BCUT2D eigenvalue weighted by Gasteiger charge is -2.10. The Morgan fingerprint density at radius 2 is 2.16 bits per heavy atom. The molecule has 0 saturated heterocycles. The highest BCUT2D eigenvalue weighted by Gasteiger charge is 2.02. The normalized spacial score (nSPS) is 10.6. The molecule has 1 aromatic heterocycles. The molecule has 0 aliphatic rings. The number of hydrogen-bond acceptors (Lipinski definition) is 3. The molecule has 0 N–H and O–H groups in total. The van der Waals surface area contributed by atoms with Gasteiger partial charge in [-0.05, 0) is 54.7 Å². The second-order valence-electron chi connectivity index (χ2n) is 5.93. The number of nitrogens with zero attached hydrogens (tertiary/aromatic N) is 2. The Bertz CT molecular complexity index is 769. The quantitative estimate of drug-likeness (QED) is 0.551. The smallest absolute Gasteiger partial charge is 0.122 e. The zero-order chi connectivity index (χ0) is 17.3. The summed E-state index contributed by atoms with van der Waals surface area (Å²) in [6.45, 7) is 1.53. The van der Waals surface area contributed by atoms with Crippen molar-refractivity contribution in [3.8, 4) is 11.5 Å². The van der Waals surface area contributed by atoms with E-state index in [2.05, 4.69) is 29.2 Å². The van der Waals surface area contributed by atoms with Gasteiger partial charge in [-0.15, -0.1) is 0 Å². The molecule has 0 amide bonds. The minimum Gasteiger partial charge on any atom is -0.496 e. The average Bonchev–Trinajstić information content (AvgIpc) is 3.15. The first-order chi connectivity index (χ1) is 12.3. The Hall–Kier alpha value is -2.75. The van der Waals surface area contributed by atoms with Gasteiger partial charge >= 0.3 is 0 Å². The first-order valence-corrected chi connectivity index (χ1v) is 8.55. The molecule has 4 nitrogen and oxygen atoms in total. The lowest BCUT2D eigenvalue weighted by atomic mass is 10.1. The van der Waals surface area contributed by atoms with Crippen LogP contribution in [0, 0.1) is 6.07 Å². The molecule has 3 rings (SSSR count). The Kier molecular flexibility index (Phi) is 6.10. The number of hydrogen-bond donors (Lipinski definition) is 0. The number of aromatic nitrogens is 2. The van der Waals surface area contributed by atoms with Gasteiger partial charge in [0.25, 0.3) is 0 Å². The molecule has 25 heavy (non-hydrogen) atoms. The van der Waals surface area contributed by atoms with Crippen LogP contribution in [0.5, 0.6) is 11.5 Å². The standard InChI is InChI=1S/C21H23N2O2/c1-24-21-11-3-2-8-19(21)9-4-5-14-25-20-10-6-7-18(15-20)16-23-13-12-22-17-23/h2,6-8,10-13,15,17H,4-5,9,14,16H2,1H3. The summed E-state index contributed by atoms with van der Waals surface area (Å²) in [6, 6.07) is 17.2. The van der Waals surface area contributed by atoms with Gasteiger partial charge in [0.05, 0.1) is 20.0 Å². The summed E-state index contributed by atoms with van der Waals surface area (Å²) >= 11 is 0. The third-order valence-corrected chi connectivity index (χ3v) is 4.06. The largest absolute Gasteiger partial charge is 0.496 e. The molecule has 0 aliphatic carbocycles. The lowest BCUT2D eigenvalue weighted by Crippen LogP contribution is -2.01. The van der Waals surface area contributed by atoms with Gasteiger partial charge in [-0.1, -0.05) is 24.3 Å². The number of unbranched alkanes of at least 4 members (excludes halogenated alkanes) is 1. The molecular formula is C21H23N2O2. The maximum atomic E-state index is 5.90. The van der Waals surface area contributed by atoms with Crippen LogP contribution >= 0.6 is 0 Å². The molecule has 0 fully saturated rings. The highest BCUT2D eigenvalue weighted by Crippen LogP contribution is 2.19. The number of imidazole rings is 1. The predicted octanol–water partition coefficient (Wildman–Crippen LogP) is 4.14. The van der Waals surface area contributed by atoms with Gasteiger partial charge in [-0.2, -0.15) is 0 Å².